The van der Waals surface area contributed by atoms with E-state index in [1.165, 1.54) is 0 Å². The fourth-order valence-electron chi connectivity index (χ4n) is 2.31. The first-order valence-corrected chi connectivity index (χ1v) is 7.85. The van der Waals surface area contributed by atoms with E-state index in [9.17, 15) is 13.2 Å². The van der Waals surface area contributed by atoms with Crippen LogP contribution in [0.2, 0.25) is 0 Å². The summed E-state index contributed by atoms with van der Waals surface area (Å²) >= 11 is 0. The van der Waals surface area contributed by atoms with Gasteiger partial charge in [-0.15, -0.1) is 0 Å². The highest BCUT2D eigenvalue weighted by Crippen LogP contribution is 2.39. The van der Waals surface area contributed by atoms with Crippen molar-refractivity contribution in [2.24, 2.45) is 0 Å². The molecule has 1 aliphatic carbocycles. The van der Waals surface area contributed by atoms with Crippen molar-refractivity contribution in [3.63, 3.8) is 0 Å². The Balaban J connectivity index is 2.50. The predicted octanol–water partition coefficient (Wildman–Crippen LogP) is 2.38. The number of carbonyl (C=O) groups is 1. The van der Waals surface area contributed by atoms with E-state index in [-0.39, 0.29) is 11.7 Å². The van der Waals surface area contributed by atoms with Crippen LogP contribution < -0.4 is 0 Å². The van der Waals surface area contributed by atoms with Crippen LogP contribution in [0.1, 0.15) is 38.7 Å². The largest absolute Gasteiger partial charge is 0.481 e. The van der Waals surface area contributed by atoms with E-state index in [1.807, 2.05) is 0 Å². The smallest absolute Gasteiger partial charge is 0.304 e. The molecule has 0 amide bonds. The Morgan fingerprint density at radius 3 is 2.42 bits per heavy atom. The molecule has 4 nitrogen and oxygen atoms in total. The maximum Gasteiger partial charge on any atom is 0.304 e. The minimum Gasteiger partial charge on any atom is -0.481 e. The van der Waals surface area contributed by atoms with Gasteiger partial charge in [0.1, 0.15) is 0 Å². The van der Waals surface area contributed by atoms with Crippen molar-refractivity contribution in [2.45, 2.75) is 48.7 Å². The molecular weight excluding hydrogens is 264 g/mol. The van der Waals surface area contributed by atoms with Gasteiger partial charge in [-0.3, -0.25) is 4.79 Å². The van der Waals surface area contributed by atoms with E-state index < -0.39 is 21.2 Å². The highest BCUT2D eigenvalue weighted by atomic mass is 32.2. The molecule has 1 saturated carbocycles. The maximum atomic E-state index is 12.4. The van der Waals surface area contributed by atoms with Gasteiger partial charge in [0.15, 0.2) is 9.84 Å². The Hall–Kier alpha value is -1.36. The number of carboxylic acid groups (broad SMARTS) is 1. The average Bonchev–Trinajstić information content (AvgIpc) is 3.11. The second-order valence-electron chi connectivity index (χ2n) is 5.69. The van der Waals surface area contributed by atoms with E-state index in [0.29, 0.717) is 23.3 Å². The lowest BCUT2D eigenvalue weighted by atomic mass is 9.81. The van der Waals surface area contributed by atoms with Crippen molar-refractivity contribution in [2.75, 3.05) is 0 Å². The van der Waals surface area contributed by atoms with Gasteiger partial charge in [0.2, 0.25) is 0 Å². The van der Waals surface area contributed by atoms with E-state index in [1.54, 1.807) is 38.1 Å². The standard InChI is InChI=1S/C14H18O4S/c1-14(2,9-13(15)16)11-5-3-4-6-12(11)19(17,18)10-7-8-10/h3-6,10H,7-9H2,1-2H3,(H,15,16). The molecule has 0 radical (unpaired) electrons. The lowest BCUT2D eigenvalue weighted by molar-refractivity contribution is -0.138. The van der Waals surface area contributed by atoms with Crippen molar-refractivity contribution >= 4 is 15.8 Å². The third kappa shape index (κ3) is 2.81. The first-order valence-electron chi connectivity index (χ1n) is 6.30. The molecule has 104 valence electrons. The van der Waals surface area contributed by atoms with E-state index >= 15 is 0 Å². The molecule has 1 aromatic carbocycles. The van der Waals surface area contributed by atoms with Crippen molar-refractivity contribution in [1.29, 1.82) is 0 Å². The topological polar surface area (TPSA) is 71.4 Å². The summed E-state index contributed by atoms with van der Waals surface area (Å²) in [6, 6.07) is 6.76. The molecular formula is C14H18O4S. The van der Waals surface area contributed by atoms with Gasteiger partial charge < -0.3 is 5.11 Å². The summed E-state index contributed by atoms with van der Waals surface area (Å²) in [5.74, 6) is -0.927. The molecule has 1 aromatic rings. The Morgan fingerprint density at radius 2 is 1.89 bits per heavy atom. The molecule has 0 unspecified atom stereocenters. The highest BCUT2D eigenvalue weighted by Gasteiger charge is 2.40. The van der Waals surface area contributed by atoms with Gasteiger partial charge >= 0.3 is 5.97 Å². The minimum atomic E-state index is -3.31. The number of sulfone groups is 1. The zero-order valence-corrected chi connectivity index (χ0v) is 11.9. The highest BCUT2D eigenvalue weighted by molar-refractivity contribution is 7.92. The molecule has 1 fully saturated rings. The predicted molar refractivity (Wildman–Crippen MR) is 71.9 cm³/mol. The molecule has 1 aliphatic rings. The molecule has 0 saturated heterocycles. The molecule has 0 bridgehead atoms. The molecule has 2 rings (SSSR count). The number of carboxylic acids is 1. The fourth-order valence-corrected chi connectivity index (χ4v) is 4.34. The van der Waals surface area contributed by atoms with Crippen LogP contribution in [0, 0.1) is 0 Å². The van der Waals surface area contributed by atoms with Gasteiger partial charge in [0.25, 0.3) is 0 Å². The van der Waals surface area contributed by atoms with E-state index in [0.717, 1.165) is 0 Å². The van der Waals surface area contributed by atoms with Crippen molar-refractivity contribution in [3.05, 3.63) is 29.8 Å². The van der Waals surface area contributed by atoms with Gasteiger partial charge in [0, 0.05) is 5.41 Å². The molecule has 0 aliphatic heterocycles. The summed E-state index contributed by atoms with van der Waals surface area (Å²) in [5, 5.41) is 8.69. The maximum absolute atomic E-state index is 12.4. The molecule has 1 N–H and O–H groups in total. The van der Waals surface area contributed by atoms with Crippen molar-refractivity contribution < 1.29 is 18.3 Å². The number of aliphatic carboxylic acids is 1. The Kier molecular flexibility index (Phi) is 3.43. The van der Waals surface area contributed by atoms with Crippen LogP contribution in [0.5, 0.6) is 0 Å². The summed E-state index contributed by atoms with van der Waals surface area (Å²) < 4.78 is 24.8. The fraction of sp³-hybridized carbons (Fsp3) is 0.500. The first kappa shape index (κ1) is 14.1. The number of hydrogen-bond acceptors (Lipinski definition) is 3. The summed E-state index contributed by atoms with van der Waals surface area (Å²) in [6.07, 6.45) is 1.32. The van der Waals surface area contributed by atoms with Gasteiger partial charge in [-0.05, 0) is 24.5 Å². The normalized spacial score (nSPS) is 16.3. The molecule has 5 heteroatoms. The number of hydrogen-bond donors (Lipinski definition) is 1. The van der Waals surface area contributed by atoms with Crippen LogP contribution in [0.15, 0.2) is 29.2 Å². The summed E-state index contributed by atoms with van der Waals surface area (Å²) in [6.45, 7) is 3.53. The van der Waals surface area contributed by atoms with Crippen LogP contribution in [0.3, 0.4) is 0 Å². The monoisotopic (exact) mass is 282 g/mol. The van der Waals surface area contributed by atoms with Crippen LogP contribution in [0.4, 0.5) is 0 Å². The lowest BCUT2D eigenvalue weighted by Crippen LogP contribution is -2.25. The molecule has 0 aromatic heterocycles. The molecule has 0 heterocycles. The zero-order chi connectivity index (χ0) is 14.3. The van der Waals surface area contributed by atoms with Gasteiger partial charge in [-0.1, -0.05) is 32.0 Å². The molecule has 19 heavy (non-hydrogen) atoms. The second-order valence-corrected chi connectivity index (χ2v) is 7.89. The second kappa shape index (κ2) is 4.63. The van der Waals surface area contributed by atoms with Gasteiger partial charge in [-0.2, -0.15) is 0 Å². The van der Waals surface area contributed by atoms with Crippen molar-refractivity contribution in [1.82, 2.24) is 0 Å². The Labute approximate surface area is 113 Å². The average molecular weight is 282 g/mol. The Morgan fingerprint density at radius 1 is 1.32 bits per heavy atom. The van der Waals surface area contributed by atoms with E-state index in [4.69, 9.17) is 5.11 Å². The Bertz CT molecular complexity index is 598. The summed E-state index contributed by atoms with van der Waals surface area (Å²) in [5.41, 5.74) is -0.103. The van der Waals surface area contributed by atoms with Crippen LogP contribution in [0.25, 0.3) is 0 Å². The third-order valence-electron chi connectivity index (χ3n) is 3.48. The van der Waals surface area contributed by atoms with Gasteiger partial charge in [-0.25, -0.2) is 8.42 Å². The molecule has 0 atom stereocenters. The quantitative estimate of drug-likeness (QED) is 0.900. The lowest BCUT2D eigenvalue weighted by Gasteiger charge is -2.25. The van der Waals surface area contributed by atoms with Crippen LogP contribution in [-0.4, -0.2) is 24.7 Å². The van der Waals surface area contributed by atoms with Crippen LogP contribution in [-0.2, 0) is 20.0 Å². The number of rotatable bonds is 5. The first-order chi connectivity index (χ1) is 8.75. The summed E-state index contributed by atoms with van der Waals surface area (Å²) in [7, 11) is -3.31. The number of benzene rings is 1. The molecule has 0 spiro atoms. The minimum absolute atomic E-state index is 0.0931. The zero-order valence-electron chi connectivity index (χ0n) is 11.1. The van der Waals surface area contributed by atoms with Crippen molar-refractivity contribution in [3.8, 4) is 0 Å². The van der Waals surface area contributed by atoms with E-state index in [2.05, 4.69) is 0 Å². The summed E-state index contributed by atoms with van der Waals surface area (Å²) in [4.78, 5) is 11.2. The van der Waals surface area contributed by atoms with Gasteiger partial charge in [0.05, 0.1) is 16.6 Å². The SMILES string of the molecule is CC(C)(CC(=O)O)c1ccccc1S(=O)(=O)C1CC1. The van der Waals surface area contributed by atoms with Crippen LogP contribution >= 0.6 is 0 Å². The third-order valence-corrected chi connectivity index (χ3v) is 5.80.